The van der Waals surface area contributed by atoms with Crippen molar-refractivity contribution in [3.63, 3.8) is 0 Å². The number of fused-ring (bicyclic) bond motifs is 2. The minimum atomic E-state index is -0.386. The van der Waals surface area contributed by atoms with Crippen LogP contribution in [0.5, 0.6) is 0 Å². The molecule has 2 aromatic heterocycles. The molecule has 1 atom stereocenters. The zero-order valence-corrected chi connectivity index (χ0v) is 17.4. The molecule has 1 aromatic carbocycles. The zero-order chi connectivity index (χ0) is 22.0. The van der Waals surface area contributed by atoms with Crippen molar-refractivity contribution >= 4 is 34.7 Å². The lowest BCUT2D eigenvalue weighted by Gasteiger charge is -2.15. The van der Waals surface area contributed by atoms with Gasteiger partial charge in [0.2, 0.25) is 11.8 Å². The Hall–Kier alpha value is -3.92. The van der Waals surface area contributed by atoms with Crippen LogP contribution in [0.15, 0.2) is 47.0 Å². The Morgan fingerprint density at radius 2 is 2.19 bits per heavy atom. The average molecular weight is 414 g/mol. The first-order chi connectivity index (χ1) is 14.9. The third-order valence-corrected chi connectivity index (χ3v) is 5.42. The number of aryl methyl sites for hydroxylation is 1. The van der Waals surface area contributed by atoms with Gasteiger partial charge in [-0.05, 0) is 42.7 Å². The van der Waals surface area contributed by atoms with E-state index in [4.69, 9.17) is 4.42 Å². The van der Waals surface area contributed by atoms with E-state index >= 15 is 0 Å². The summed E-state index contributed by atoms with van der Waals surface area (Å²) in [4.78, 5) is 30.4. The smallest absolute Gasteiger partial charge is 0.246 e. The molecule has 7 heteroatoms. The Balaban J connectivity index is 1.49. The second-order valence-corrected chi connectivity index (χ2v) is 7.72. The number of aromatic nitrogens is 1. The summed E-state index contributed by atoms with van der Waals surface area (Å²) in [7, 11) is 1.75. The number of nitrogens with one attached hydrogen (secondary N) is 1. The molecular weight excluding hydrogens is 392 g/mol. The fourth-order valence-electron chi connectivity index (χ4n) is 3.75. The van der Waals surface area contributed by atoms with Crippen molar-refractivity contribution in [3.05, 3.63) is 65.1 Å². The van der Waals surface area contributed by atoms with E-state index in [9.17, 15) is 14.9 Å². The van der Waals surface area contributed by atoms with E-state index in [1.807, 2.05) is 37.3 Å². The molecule has 0 saturated heterocycles. The molecule has 3 aromatic rings. The summed E-state index contributed by atoms with van der Waals surface area (Å²) in [6.07, 6.45) is 5.39. The maximum Gasteiger partial charge on any atom is 0.246 e. The SMILES string of the molecule is Cc1oc2ccccc2c1CN(C)C(=O)/C=C/c1cnc2c(c1)C[C@H](C#N)CC(=O)N2. The highest BCUT2D eigenvalue weighted by Gasteiger charge is 2.22. The molecule has 0 spiro atoms. The predicted octanol–water partition coefficient (Wildman–Crippen LogP) is 3.83. The quantitative estimate of drug-likeness (QED) is 0.654. The Morgan fingerprint density at radius 3 is 3.00 bits per heavy atom. The van der Waals surface area contributed by atoms with Gasteiger partial charge in [-0.15, -0.1) is 0 Å². The number of pyridine rings is 1. The lowest BCUT2D eigenvalue weighted by molar-refractivity contribution is -0.125. The molecule has 1 aliphatic rings. The normalized spacial score (nSPS) is 15.9. The van der Waals surface area contributed by atoms with Crippen LogP contribution in [-0.2, 0) is 22.6 Å². The fourth-order valence-corrected chi connectivity index (χ4v) is 3.75. The van der Waals surface area contributed by atoms with Crippen LogP contribution in [0.3, 0.4) is 0 Å². The number of furan rings is 1. The standard InChI is InChI=1S/C24H22N4O3/c1-15-20(19-5-3-4-6-21(19)31-15)14-28(2)23(30)8-7-16-9-18-10-17(12-25)11-22(29)27-24(18)26-13-16/h3-9,13,17H,10-11,14H2,1-2H3,(H,26,27,29)/b8-7+/t17-/m0/s1. The summed E-state index contributed by atoms with van der Waals surface area (Å²) in [6.45, 7) is 2.34. The van der Waals surface area contributed by atoms with Crippen LogP contribution in [0.25, 0.3) is 17.0 Å². The number of nitrogens with zero attached hydrogens (tertiary/aromatic N) is 3. The lowest BCUT2D eigenvalue weighted by Crippen LogP contribution is -2.24. The Morgan fingerprint density at radius 1 is 1.39 bits per heavy atom. The number of hydrogen-bond donors (Lipinski definition) is 1. The summed E-state index contributed by atoms with van der Waals surface area (Å²) in [5, 5.41) is 13.0. The topological polar surface area (TPSA) is 99.2 Å². The number of hydrogen-bond acceptors (Lipinski definition) is 5. The first kappa shape index (κ1) is 20.4. The minimum Gasteiger partial charge on any atom is -0.461 e. The molecule has 0 fully saturated rings. The highest BCUT2D eigenvalue weighted by Crippen LogP contribution is 2.27. The van der Waals surface area contributed by atoms with Gasteiger partial charge in [0, 0.05) is 43.2 Å². The largest absolute Gasteiger partial charge is 0.461 e. The van der Waals surface area contributed by atoms with Crippen LogP contribution in [0.1, 0.15) is 28.9 Å². The number of carbonyl (C=O) groups excluding carboxylic acids is 2. The van der Waals surface area contributed by atoms with Crippen molar-refractivity contribution in [1.82, 2.24) is 9.88 Å². The second kappa shape index (κ2) is 8.44. The number of benzene rings is 1. The van der Waals surface area contributed by atoms with E-state index in [1.54, 1.807) is 24.2 Å². The Kier molecular flexibility index (Phi) is 5.54. The number of nitriles is 1. The van der Waals surface area contributed by atoms with Gasteiger partial charge in [-0.1, -0.05) is 18.2 Å². The van der Waals surface area contributed by atoms with E-state index < -0.39 is 0 Å². The first-order valence-electron chi connectivity index (χ1n) is 10.0. The molecule has 0 saturated carbocycles. The van der Waals surface area contributed by atoms with Crippen LogP contribution >= 0.6 is 0 Å². The van der Waals surface area contributed by atoms with E-state index in [-0.39, 0.29) is 24.2 Å². The number of anilines is 1. The molecule has 0 aliphatic carbocycles. The Labute approximate surface area is 180 Å². The third-order valence-electron chi connectivity index (χ3n) is 5.42. The monoisotopic (exact) mass is 414 g/mol. The van der Waals surface area contributed by atoms with Crippen LogP contribution in [-0.4, -0.2) is 28.7 Å². The summed E-state index contributed by atoms with van der Waals surface area (Å²) in [6, 6.07) is 11.8. The van der Waals surface area contributed by atoms with Gasteiger partial charge in [-0.25, -0.2) is 4.98 Å². The summed E-state index contributed by atoms with van der Waals surface area (Å²) < 4.78 is 5.78. The first-order valence-corrected chi connectivity index (χ1v) is 10.0. The zero-order valence-electron chi connectivity index (χ0n) is 17.4. The van der Waals surface area contributed by atoms with E-state index in [1.165, 1.54) is 6.08 Å². The molecule has 3 heterocycles. The van der Waals surface area contributed by atoms with E-state index in [0.717, 1.165) is 33.4 Å². The number of likely N-dealkylation sites (N-methyl/N-ethyl adjacent to an activating group) is 1. The van der Waals surface area contributed by atoms with Crippen molar-refractivity contribution in [2.75, 3.05) is 12.4 Å². The highest BCUT2D eigenvalue weighted by atomic mass is 16.3. The summed E-state index contributed by atoms with van der Waals surface area (Å²) in [5.74, 6) is 0.533. The molecule has 0 bridgehead atoms. The molecule has 0 radical (unpaired) electrons. The number of carbonyl (C=O) groups is 2. The molecule has 4 rings (SSSR count). The summed E-state index contributed by atoms with van der Waals surface area (Å²) >= 11 is 0. The average Bonchev–Trinajstić information content (AvgIpc) is 2.97. The summed E-state index contributed by atoms with van der Waals surface area (Å²) in [5.41, 5.74) is 3.33. The minimum absolute atomic E-state index is 0.150. The maximum atomic E-state index is 12.7. The molecule has 1 aliphatic heterocycles. The van der Waals surface area contributed by atoms with Crippen molar-refractivity contribution in [2.45, 2.75) is 26.3 Å². The highest BCUT2D eigenvalue weighted by molar-refractivity contribution is 5.93. The molecule has 7 nitrogen and oxygen atoms in total. The molecule has 31 heavy (non-hydrogen) atoms. The second-order valence-electron chi connectivity index (χ2n) is 7.72. The van der Waals surface area contributed by atoms with Gasteiger partial charge >= 0.3 is 0 Å². The van der Waals surface area contributed by atoms with Gasteiger partial charge in [0.25, 0.3) is 0 Å². The van der Waals surface area contributed by atoms with Gasteiger partial charge in [0.1, 0.15) is 17.2 Å². The van der Waals surface area contributed by atoms with Crippen LogP contribution < -0.4 is 5.32 Å². The predicted molar refractivity (Wildman–Crippen MR) is 117 cm³/mol. The van der Waals surface area contributed by atoms with Gasteiger partial charge in [-0.2, -0.15) is 5.26 Å². The number of rotatable bonds is 4. The van der Waals surface area contributed by atoms with E-state index in [0.29, 0.717) is 18.8 Å². The van der Waals surface area contributed by atoms with Crippen molar-refractivity contribution < 1.29 is 14.0 Å². The van der Waals surface area contributed by atoms with Gasteiger partial charge in [0.05, 0.1) is 12.0 Å². The van der Waals surface area contributed by atoms with Crippen molar-refractivity contribution in [1.29, 1.82) is 5.26 Å². The molecule has 1 N–H and O–H groups in total. The van der Waals surface area contributed by atoms with Crippen LogP contribution in [0.2, 0.25) is 0 Å². The van der Waals surface area contributed by atoms with Gasteiger partial charge < -0.3 is 14.6 Å². The van der Waals surface area contributed by atoms with Crippen LogP contribution in [0.4, 0.5) is 5.82 Å². The van der Waals surface area contributed by atoms with Gasteiger partial charge in [0.15, 0.2) is 0 Å². The van der Waals surface area contributed by atoms with Crippen molar-refractivity contribution in [3.8, 4) is 6.07 Å². The lowest BCUT2D eigenvalue weighted by atomic mass is 9.98. The maximum absolute atomic E-state index is 12.7. The molecule has 156 valence electrons. The third kappa shape index (κ3) is 4.33. The van der Waals surface area contributed by atoms with Crippen LogP contribution in [0, 0.1) is 24.2 Å². The number of amides is 2. The van der Waals surface area contributed by atoms with Gasteiger partial charge in [-0.3, -0.25) is 9.59 Å². The number of para-hydroxylation sites is 1. The molecule has 0 unspecified atom stereocenters. The van der Waals surface area contributed by atoms with E-state index in [2.05, 4.69) is 16.4 Å². The van der Waals surface area contributed by atoms with Crippen molar-refractivity contribution in [2.24, 2.45) is 5.92 Å². The molecule has 2 amide bonds. The molecular formula is C24H22N4O3. The fraction of sp³-hybridized carbons (Fsp3) is 0.250. The Bertz CT molecular complexity index is 1240.